The Bertz CT molecular complexity index is 293. The Kier molecular flexibility index (Phi) is 6.35. The van der Waals surface area contributed by atoms with E-state index in [4.69, 9.17) is 9.47 Å². The van der Waals surface area contributed by atoms with Gasteiger partial charge in [-0.05, 0) is 18.1 Å². The zero-order valence-electron chi connectivity index (χ0n) is 10.1. The third-order valence-corrected chi connectivity index (χ3v) is 2.38. The molecule has 0 aromatic heterocycles. The zero-order chi connectivity index (χ0) is 11.6. The molecule has 1 unspecified atom stereocenters. The number of ether oxygens (including phenoxy) is 2. The van der Waals surface area contributed by atoms with E-state index < -0.39 is 0 Å². The Morgan fingerprint density at radius 3 is 2.62 bits per heavy atom. The van der Waals surface area contributed by atoms with E-state index in [1.54, 1.807) is 13.4 Å². The van der Waals surface area contributed by atoms with Crippen LogP contribution in [0.25, 0.3) is 6.08 Å². The van der Waals surface area contributed by atoms with Crippen molar-refractivity contribution in [2.24, 2.45) is 0 Å². The molecule has 88 valence electrons. The summed E-state index contributed by atoms with van der Waals surface area (Å²) in [5, 5.41) is 0. The summed E-state index contributed by atoms with van der Waals surface area (Å²) < 4.78 is 10.7. The molecule has 0 saturated carbocycles. The number of benzene rings is 1. The Morgan fingerprint density at radius 1 is 1.25 bits per heavy atom. The van der Waals surface area contributed by atoms with Crippen LogP contribution in [0.5, 0.6) is 0 Å². The van der Waals surface area contributed by atoms with Gasteiger partial charge in [0.15, 0.2) is 0 Å². The summed E-state index contributed by atoms with van der Waals surface area (Å²) in [5.74, 6) is 0. The molecule has 0 bridgehead atoms. The second-order valence-electron chi connectivity index (χ2n) is 3.69. The monoisotopic (exact) mass is 220 g/mol. The van der Waals surface area contributed by atoms with Crippen LogP contribution in [0.15, 0.2) is 36.6 Å². The first-order chi connectivity index (χ1) is 7.86. The maximum atomic E-state index is 5.44. The molecule has 0 aliphatic rings. The highest BCUT2D eigenvalue weighted by Crippen LogP contribution is 2.04. The highest BCUT2D eigenvalue weighted by molar-refractivity contribution is 5.47. The Hall–Kier alpha value is -1.28. The molecule has 0 fully saturated rings. The number of hydrogen-bond acceptors (Lipinski definition) is 2. The minimum absolute atomic E-state index is 0.199. The first-order valence-corrected chi connectivity index (χ1v) is 5.72. The molecule has 16 heavy (non-hydrogen) atoms. The van der Waals surface area contributed by atoms with Crippen molar-refractivity contribution in [3.63, 3.8) is 0 Å². The summed E-state index contributed by atoms with van der Waals surface area (Å²) in [6.45, 7) is 2.76. The van der Waals surface area contributed by atoms with Gasteiger partial charge < -0.3 is 9.47 Å². The topological polar surface area (TPSA) is 18.5 Å². The molecule has 0 aliphatic carbocycles. The van der Waals surface area contributed by atoms with Gasteiger partial charge in [-0.1, -0.05) is 43.7 Å². The van der Waals surface area contributed by atoms with Crippen LogP contribution in [0.3, 0.4) is 0 Å². The van der Waals surface area contributed by atoms with Crippen LogP contribution < -0.4 is 0 Å². The van der Waals surface area contributed by atoms with Gasteiger partial charge in [0.2, 0.25) is 0 Å². The SMILES string of the molecule is CCCC(COC=Cc1ccccc1)OC. The van der Waals surface area contributed by atoms with Gasteiger partial charge in [-0.15, -0.1) is 0 Å². The Balaban J connectivity index is 2.26. The van der Waals surface area contributed by atoms with Crippen LogP contribution in [0.2, 0.25) is 0 Å². The maximum absolute atomic E-state index is 5.44. The maximum Gasteiger partial charge on any atom is 0.113 e. The summed E-state index contributed by atoms with van der Waals surface area (Å²) in [6, 6.07) is 10.1. The molecule has 0 heterocycles. The Morgan fingerprint density at radius 2 is 2.00 bits per heavy atom. The van der Waals surface area contributed by atoms with Gasteiger partial charge in [0.1, 0.15) is 6.61 Å². The molecule has 0 amide bonds. The minimum Gasteiger partial charge on any atom is -0.498 e. The molecule has 0 saturated heterocycles. The molecule has 1 aromatic carbocycles. The smallest absolute Gasteiger partial charge is 0.113 e. The lowest BCUT2D eigenvalue weighted by molar-refractivity contribution is 0.0367. The lowest BCUT2D eigenvalue weighted by Crippen LogP contribution is -2.16. The standard InChI is InChI=1S/C14H20O2/c1-3-7-14(15-2)12-16-11-10-13-8-5-4-6-9-13/h4-6,8-11,14H,3,7,12H2,1-2H3. The van der Waals surface area contributed by atoms with Crippen LogP contribution in [-0.2, 0) is 9.47 Å². The van der Waals surface area contributed by atoms with Crippen LogP contribution in [-0.4, -0.2) is 19.8 Å². The van der Waals surface area contributed by atoms with Crippen LogP contribution in [0.1, 0.15) is 25.3 Å². The molecule has 1 rings (SSSR count). The first-order valence-electron chi connectivity index (χ1n) is 5.72. The summed E-state index contributed by atoms with van der Waals surface area (Å²) in [7, 11) is 1.73. The van der Waals surface area contributed by atoms with Crippen molar-refractivity contribution in [3.05, 3.63) is 42.2 Å². The third-order valence-electron chi connectivity index (χ3n) is 2.38. The minimum atomic E-state index is 0.199. The van der Waals surface area contributed by atoms with Crippen LogP contribution in [0.4, 0.5) is 0 Å². The van der Waals surface area contributed by atoms with Crippen LogP contribution >= 0.6 is 0 Å². The van der Waals surface area contributed by atoms with Crippen molar-refractivity contribution in [1.29, 1.82) is 0 Å². The second-order valence-corrected chi connectivity index (χ2v) is 3.69. The van der Waals surface area contributed by atoms with Crippen LogP contribution in [0, 0.1) is 0 Å². The van der Waals surface area contributed by atoms with Gasteiger partial charge in [0.25, 0.3) is 0 Å². The molecular weight excluding hydrogens is 200 g/mol. The normalized spacial score (nSPS) is 12.9. The van der Waals surface area contributed by atoms with Crippen molar-refractivity contribution < 1.29 is 9.47 Å². The molecule has 1 aromatic rings. The molecule has 0 radical (unpaired) electrons. The summed E-state index contributed by atoms with van der Waals surface area (Å²) in [4.78, 5) is 0. The van der Waals surface area contributed by atoms with Gasteiger partial charge in [-0.3, -0.25) is 0 Å². The third kappa shape index (κ3) is 4.99. The lowest BCUT2D eigenvalue weighted by atomic mass is 10.2. The predicted molar refractivity (Wildman–Crippen MR) is 67.1 cm³/mol. The van der Waals surface area contributed by atoms with Crippen molar-refractivity contribution in [2.45, 2.75) is 25.9 Å². The fourth-order valence-corrected chi connectivity index (χ4v) is 1.44. The summed E-state index contributed by atoms with van der Waals surface area (Å²) in [5.41, 5.74) is 1.15. The van der Waals surface area contributed by atoms with Crippen molar-refractivity contribution in [3.8, 4) is 0 Å². The van der Waals surface area contributed by atoms with E-state index in [-0.39, 0.29) is 6.10 Å². The molecule has 0 spiro atoms. The van der Waals surface area contributed by atoms with Crippen molar-refractivity contribution >= 4 is 6.08 Å². The van der Waals surface area contributed by atoms with Gasteiger partial charge in [-0.2, -0.15) is 0 Å². The molecule has 0 aliphatic heterocycles. The van der Waals surface area contributed by atoms with Gasteiger partial charge in [-0.25, -0.2) is 0 Å². The van der Waals surface area contributed by atoms with E-state index in [1.807, 2.05) is 36.4 Å². The van der Waals surface area contributed by atoms with Gasteiger partial charge in [0, 0.05) is 7.11 Å². The van der Waals surface area contributed by atoms with Gasteiger partial charge in [0.05, 0.1) is 12.4 Å². The number of methoxy groups -OCH3 is 1. The average molecular weight is 220 g/mol. The van der Waals surface area contributed by atoms with E-state index in [2.05, 4.69) is 6.92 Å². The lowest BCUT2D eigenvalue weighted by Gasteiger charge is -2.13. The quantitative estimate of drug-likeness (QED) is 0.655. The molecule has 2 heteroatoms. The fourth-order valence-electron chi connectivity index (χ4n) is 1.44. The van der Waals surface area contributed by atoms with Gasteiger partial charge >= 0.3 is 0 Å². The first kappa shape index (κ1) is 12.8. The van der Waals surface area contributed by atoms with E-state index in [0.29, 0.717) is 6.61 Å². The number of hydrogen-bond donors (Lipinski definition) is 0. The largest absolute Gasteiger partial charge is 0.498 e. The van der Waals surface area contributed by atoms with E-state index >= 15 is 0 Å². The second kappa shape index (κ2) is 7.94. The van der Waals surface area contributed by atoms with Crippen molar-refractivity contribution in [2.75, 3.05) is 13.7 Å². The summed E-state index contributed by atoms with van der Waals surface area (Å²) >= 11 is 0. The number of rotatable bonds is 7. The zero-order valence-corrected chi connectivity index (χ0v) is 10.1. The molecule has 1 atom stereocenters. The summed E-state index contributed by atoms with van der Waals surface area (Å²) in [6.07, 6.45) is 6.04. The molecule has 2 nitrogen and oxygen atoms in total. The predicted octanol–water partition coefficient (Wildman–Crippen LogP) is 3.49. The van der Waals surface area contributed by atoms with Crippen molar-refractivity contribution in [1.82, 2.24) is 0 Å². The Labute approximate surface area is 97.9 Å². The van der Waals surface area contributed by atoms with E-state index in [0.717, 1.165) is 18.4 Å². The van der Waals surface area contributed by atoms with E-state index in [1.165, 1.54) is 0 Å². The van der Waals surface area contributed by atoms with E-state index in [9.17, 15) is 0 Å². The highest BCUT2D eigenvalue weighted by atomic mass is 16.5. The molecule has 0 N–H and O–H groups in total. The average Bonchev–Trinajstić information content (AvgIpc) is 2.34. The molecular formula is C14H20O2. The highest BCUT2D eigenvalue weighted by Gasteiger charge is 2.04. The fraction of sp³-hybridized carbons (Fsp3) is 0.429.